The van der Waals surface area contributed by atoms with Crippen LogP contribution in [-0.4, -0.2) is 14.1 Å². The van der Waals surface area contributed by atoms with E-state index in [0.717, 1.165) is 29.1 Å². The van der Waals surface area contributed by atoms with Gasteiger partial charge in [-0.2, -0.15) is 0 Å². The summed E-state index contributed by atoms with van der Waals surface area (Å²) in [6.45, 7) is 6.52. The number of furan rings is 1. The molecule has 0 amide bonds. The third-order valence-corrected chi connectivity index (χ3v) is 3.99. The maximum Gasteiger partial charge on any atom is 0.126 e. The zero-order valence-electron chi connectivity index (χ0n) is 13.3. The van der Waals surface area contributed by atoms with E-state index in [9.17, 15) is 4.39 Å². The molecule has 0 spiro atoms. The molecule has 0 radical (unpaired) electrons. The van der Waals surface area contributed by atoms with Crippen LogP contribution in [0.15, 0.2) is 28.9 Å². The van der Waals surface area contributed by atoms with Gasteiger partial charge >= 0.3 is 0 Å². The number of benzene rings is 1. The van der Waals surface area contributed by atoms with Gasteiger partial charge in [-0.1, -0.05) is 0 Å². The van der Waals surface area contributed by atoms with E-state index in [4.69, 9.17) is 4.42 Å². The number of anilines is 1. The molecule has 3 nitrogen and oxygen atoms in total. The molecule has 0 bridgehead atoms. The Morgan fingerprint density at radius 2 is 2.05 bits per heavy atom. The van der Waals surface area contributed by atoms with Crippen molar-refractivity contribution in [3.05, 3.63) is 52.7 Å². The summed E-state index contributed by atoms with van der Waals surface area (Å²) < 4.78 is 19.2. The van der Waals surface area contributed by atoms with Crippen molar-refractivity contribution in [1.29, 1.82) is 0 Å². The fourth-order valence-corrected chi connectivity index (χ4v) is 2.43. The first-order valence-electron chi connectivity index (χ1n) is 7.15. The number of hydrogen-bond donors (Lipinski definition) is 1. The Morgan fingerprint density at radius 3 is 2.62 bits per heavy atom. The van der Waals surface area contributed by atoms with Gasteiger partial charge in [0.2, 0.25) is 0 Å². The molecular formula is C17H23FN2O. The summed E-state index contributed by atoms with van der Waals surface area (Å²) in [7, 11) is 3.90. The number of rotatable bonds is 5. The Balaban J connectivity index is 2.37. The molecule has 0 saturated carbocycles. The first-order valence-corrected chi connectivity index (χ1v) is 7.15. The maximum absolute atomic E-state index is 13.9. The van der Waals surface area contributed by atoms with Crippen LogP contribution in [0.5, 0.6) is 0 Å². The van der Waals surface area contributed by atoms with Gasteiger partial charge in [0.25, 0.3) is 0 Å². The highest BCUT2D eigenvalue weighted by Gasteiger charge is 2.16. The molecule has 1 heterocycles. The molecule has 0 aliphatic rings. The lowest BCUT2D eigenvalue weighted by Gasteiger charge is -2.26. The number of nitrogens with zero attached hydrogens (tertiary/aromatic N) is 1. The second-order valence-electron chi connectivity index (χ2n) is 5.53. The van der Waals surface area contributed by atoms with Gasteiger partial charge in [-0.05, 0) is 57.1 Å². The summed E-state index contributed by atoms with van der Waals surface area (Å²) in [5.74, 6) is 0.757. The lowest BCUT2D eigenvalue weighted by atomic mass is 10.0. The highest BCUT2D eigenvalue weighted by Crippen LogP contribution is 2.30. The predicted molar refractivity (Wildman–Crippen MR) is 84.2 cm³/mol. The molecule has 0 fully saturated rings. The van der Waals surface area contributed by atoms with Crippen LogP contribution in [0.25, 0.3) is 0 Å². The van der Waals surface area contributed by atoms with E-state index in [0.29, 0.717) is 5.56 Å². The quantitative estimate of drug-likeness (QED) is 0.903. The molecule has 2 aromatic rings. The second kappa shape index (κ2) is 6.31. The van der Waals surface area contributed by atoms with Gasteiger partial charge in [-0.3, -0.25) is 0 Å². The van der Waals surface area contributed by atoms with E-state index in [-0.39, 0.29) is 11.9 Å². The van der Waals surface area contributed by atoms with Crippen LogP contribution >= 0.6 is 0 Å². The number of hydrogen-bond acceptors (Lipinski definition) is 3. The summed E-state index contributed by atoms with van der Waals surface area (Å²) >= 11 is 0. The van der Waals surface area contributed by atoms with Crippen molar-refractivity contribution in [3.63, 3.8) is 0 Å². The molecule has 1 unspecified atom stereocenters. The fourth-order valence-electron chi connectivity index (χ4n) is 2.43. The van der Waals surface area contributed by atoms with Crippen molar-refractivity contribution in [3.8, 4) is 0 Å². The molecule has 1 atom stereocenters. The summed E-state index contributed by atoms with van der Waals surface area (Å²) in [5.41, 5.74) is 3.80. The van der Waals surface area contributed by atoms with Crippen LogP contribution in [0.2, 0.25) is 0 Å². The Labute approximate surface area is 125 Å². The van der Waals surface area contributed by atoms with Crippen molar-refractivity contribution in [2.75, 3.05) is 19.0 Å². The van der Waals surface area contributed by atoms with E-state index < -0.39 is 0 Å². The molecule has 4 heteroatoms. The zero-order valence-corrected chi connectivity index (χ0v) is 13.3. The van der Waals surface area contributed by atoms with Gasteiger partial charge in [0.15, 0.2) is 0 Å². The fraction of sp³-hybridized carbons (Fsp3) is 0.412. The smallest absolute Gasteiger partial charge is 0.126 e. The Hall–Kier alpha value is -1.81. The molecule has 1 aromatic heterocycles. The molecule has 1 aromatic carbocycles. The van der Waals surface area contributed by atoms with Gasteiger partial charge in [0, 0.05) is 30.9 Å². The topological polar surface area (TPSA) is 28.4 Å². The standard InChI is InChI=1S/C17H23FN2O/c1-11-8-17(15(9-16(11)18)12(2)19-4)20(5)10-14-6-7-21-13(14)3/h6-9,12,19H,10H2,1-5H3. The van der Waals surface area contributed by atoms with Crippen molar-refractivity contribution >= 4 is 5.69 Å². The normalized spacial score (nSPS) is 12.5. The Kier molecular flexibility index (Phi) is 4.68. The average molecular weight is 290 g/mol. The third-order valence-electron chi connectivity index (χ3n) is 3.99. The molecule has 21 heavy (non-hydrogen) atoms. The van der Waals surface area contributed by atoms with Crippen LogP contribution < -0.4 is 10.2 Å². The van der Waals surface area contributed by atoms with Crippen LogP contribution in [-0.2, 0) is 6.54 Å². The van der Waals surface area contributed by atoms with Gasteiger partial charge < -0.3 is 14.6 Å². The van der Waals surface area contributed by atoms with Crippen LogP contribution in [0.4, 0.5) is 10.1 Å². The Morgan fingerprint density at radius 1 is 1.33 bits per heavy atom. The highest BCUT2D eigenvalue weighted by atomic mass is 19.1. The molecular weight excluding hydrogens is 267 g/mol. The van der Waals surface area contributed by atoms with Gasteiger partial charge in [-0.25, -0.2) is 4.39 Å². The van der Waals surface area contributed by atoms with E-state index in [1.807, 2.05) is 40.1 Å². The van der Waals surface area contributed by atoms with E-state index >= 15 is 0 Å². The molecule has 114 valence electrons. The largest absolute Gasteiger partial charge is 0.469 e. The summed E-state index contributed by atoms with van der Waals surface area (Å²) in [4.78, 5) is 2.13. The average Bonchev–Trinajstić information content (AvgIpc) is 2.85. The van der Waals surface area contributed by atoms with E-state index in [2.05, 4.69) is 10.2 Å². The number of aryl methyl sites for hydroxylation is 2. The van der Waals surface area contributed by atoms with Crippen LogP contribution in [0.1, 0.15) is 35.4 Å². The number of halogens is 1. The van der Waals surface area contributed by atoms with Crippen molar-refractivity contribution in [1.82, 2.24) is 5.32 Å². The minimum atomic E-state index is -0.163. The van der Waals surface area contributed by atoms with E-state index in [1.54, 1.807) is 19.3 Å². The van der Waals surface area contributed by atoms with Crippen LogP contribution in [0, 0.1) is 19.7 Å². The zero-order chi connectivity index (χ0) is 15.6. The maximum atomic E-state index is 13.9. The minimum Gasteiger partial charge on any atom is -0.469 e. The highest BCUT2D eigenvalue weighted by molar-refractivity contribution is 5.57. The summed E-state index contributed by atoms with van der Waals surface area (Å²) in [5, 5.41) is 3.18. The summed E-state index contributed by atoms with van der Waals surface area (Å²) in [6, 6.07) is 5.60. The molecule has 2 rings (SSSR count). The Bertz CT molecular complexity index is 621. The number of nitrogens with one attached hydrogen (secondary N) is 1. The first-order chi connectivity index (χ1) is 9.93. The molecule has 1 N–H and O–H groups in total. The van der Waals surface area contributed by atoms with Crippen molar-refractivity contribution in [2.24, 2.45) is 0 Å². The third kappa shape index (κ3) is 3.27. The lowest BCUT2D eigenvalue weighted by molar-refractivity contribution is 0.529. The monoisotopic (exact) mass is 290 g/mol. The van der Waals surface area contributed by atoms with Gasteiger partial charge in [0.1, 0.15) is 11.6 Å². The minimum absolute atomic E-state index is 0.0861. The lowest BCUT2D eigenvalue weighted by Crippen LogP contribution is -2.22. The second-order valence-corrected chi connectivity index (χ2v) is 5.53. The molecule has 0 saturated heterocycles. The van der Waals surface area contributed by atoms with Crippen molar-refractivity contribution < 1.29 is 8.81 Å². The predicted octanol–water partition coefficient (Wildman–Crippen LogP) is 3.95. The van der Waals surface area contributed by atoms with E-state index in [1.165, 1.54) is 0 Å². The van der Waals surface area contributed by atoms with Crippen molar-refractivity contribution in [2.45, 2.75) is 33.4 Å². The first kappa shape index (κ1) is 15.6. The van der Waals surface area contributed by atoms with Gasteiger partial charge in [-0.15, -0.1) is 0 Å². The molecule has 0 aliphatic heterocycles. The summed E-state index contributed by atoms with van der Waals surface area (Å²) in [6.07, 6.45) is 1.70. The van der Waals surface area contributed by atoms with Crippen LogP contribution in [0.3, 0.4) is 0 Å². The molecule has 0 aliphatic carbocycles. The van der Waals surface area contributed by atoms with Gasteiger partial charge in [0.05, 0.1) is 6.26 Å². The SMILES string of the molecule is CNC(C)c1cc(F)c(C)cc1N(C)Cc1ccoc1C.